The average Bonchev–Trinajstić information content (AvgIpc) is 2.61. The van der Waals surface area contributed by atoms with Crippen molar-refractivity contribution in [2.45, 2.75) is 37.0 Å². The van der Waals surface area contributed by atoms with E-state index in [0.29, 0.717) is 18.7 Å². The molecule has 1 aromatic rings. The maximum atomic E-state index is 12.7. The molecule has 0 spiro atoms. The molecule has 0 amide bonds. The van der Waals surface area contributed by atoms with E-state index in [1.807, 2.05) is 30.5 Å². The molecule has 25 heavy (non-hydrogen) atoms. The van der Waals surface area contributed by atoms with Crippen molar-refractivity contribution in [3.05, 3.63) is 53.4 Å². The van der Waals surface area contributed by atoms with Gasteiger partial charge in [-0.3, -0.25) is 9.59 Å². The predicted octanol–water partition coefficient (Wildman–Crippen LogP) is 3.80. The van der Waals surface area contributed by atoms with Crippen molar-refractivity contribution in [3.63, 3.8) is 0 Å². The van der Waals surface area contributed by atoms with Crippen molar-refractivity contribution >= 4 is 23.5 Å². The van der Waals surface area contributed by atoms with Crippen LogP contribution in [0.2, 0.25) is 0 Å². The summed E-state index contributed by atoms with van der Waals surface area (Å²) in [4.78, 5) is 26.5. The number of ether oxygens (including phenoxy) is 1. The van der Waals surface area contributed by atoms with Crippen molar-refractivity contribution in [3.8, 4) is 0 Å². The van der Waals surface area contributed by atoms with Gasteiger partial charge in [0.2, 0.25) is 0 Å². The molecular weight excluding hydrogens is 334 g/mol. The van der Waals surface area contributed by atoms with Gasteiger partial charge in [-0.15, -0.1) is 11.8 Å². The Bertz CT molecular complexity index is 736. The van der Waals surface area contributed by atoms with E-state index >= 15 is 0 Å². The first-order valence-electron chi connectivity index (χ1n) is 8.59. The van der Waals surface area contributed by atoms with E-state index in [1.165, 1.54) is 0 Å². The molecule has 0 aromatic heterocycles. The lowest BCUT2D eigenvalue weighted by Crippen LogP contribution is -2.41. The molecule has 0 bridgehead atoms. The minimum atomic E-state index is -0.583. The Kier molecular flexibility index (Phi) is 5.33. The van der Waals surface area contributed by atoms with Gasteiger partial charge in [-0.05, 0) is 43.7 Å². The fraction of sp³-hybridized carbons (Fsp3) is 0.400. The lowest BCUT2D eigenvalue weighted by atomic mass is 9.71. The van der Waals surface area contributed by atoms with Gasteiger partial charge in [0.1, 0.15) is 5.92 Å². The molecule has 5 heteroatoms. The van der Waals surface area contributed by atoms with E-state index in [4.69, 9.17) is 4.74 Å². The van der Waals surface area contributed by atoms with E-state index in [2.05, 4.69) is 11.9 Å². The summed E-state index contributed by atoms with van der Waals surface area (Å²) in [5, 5.41) is 3.22. The second-order valence-electron chi connectivity index (χ2n) is 6.30. The minimum Gasteiger partial charge on any atom is -0.465 e. The van der Waals surface area contributed by atoms with Crippen molar-refractivity contribution in [1.82, 2.24) is 5.32 Å². The van der Waals surface area contributed by atoms with Gasteiger partial charge in [-0.2, -0.15) is 0 Å². The van der Waals surface area contributed by atoms with Gasteiger partial charge in [-0.25, -0.2) is 0 Å². The average molecular weight is 357 g/mol. The molecule has 4 nitrogen and oxygen atoms in total. The molecule has 1 aromatic carbocycles. The van der Waals surface area contributed by atoms with Crippen LogP contribution in [0, 0.1) is 5.92 Å². The number of rotatable bonds is 4. The molecule has 2 aliphatic rings. The van der Waals surface area contributed by atoms with Crippen LogP contribution in [0.5, 0.6) is 0 Å². The van der Waals surface area contributed by atoms with Gasteiger partial charge in [0.15, 0.2) is 5.78 Å². The maximum absolute atomic E-state index is 12.7. The summed E-state index contributed by atoms with van der Waals surface area (Å²) in [6.07, 6.45) is 4.20. The van der Waals surface area contributed by atoms with Crippen molar-refractivity contribution in [1.29, 1.82) is 0 Å². The third kappa shape index (κ3) is 3.38. The van der Waals surface area contributed by atoms with Gasteiger partial charge in [0.05, 0.1) is 6.61 Å². The zero-order chi connectivity index (χ0) is 18.0. The fourth-order valence-corrected chi connectivity index (χ4v) is 4.08. The topological polar surface area (TPSA) is 55.4 Å². The van der Waals surface area contributed by atoms with Crippen LogP contribution in [0.4, 0.5) is 0 Å². The number of benzene rings is 1. The lowest BCUT2D eigenvalue weighted by Gasteiger charge is -2.38. The smallest absolute Gasteiger partial charge is 0.315 e. The number of esters is 1. The highest BCUT2D eigenvalue weighted by atomic mass is 32.2. The number of carbonyl (C=O) groups is 2. The van der Waals surface area contributed by atoms with Crippen LogP contribution in [0.3, 0.4) is 0 Å². The quantitative estimate of drug-likeness (QED) is 0.656. The van der Waals surface area contributed by atoms with Gasteiger partial charge in [-0.1, -0.05) is 18.7 Å². The highest BCUT2D eigenvalue weighted by molar-refractivity contribution is 7.98. The van der Waals surface area contributed by atoms with Crippen LogP contribution >= 0.6 is 11.8 Å². The zero-order valence-corrected chi connectivity index (χ0v) is 15.4. The molecule has 3 rings (SSSR count). The van der Waals surface area contributed by atoms with Crippen LogP contribution in [-0.2, 0) is 14.3 Å². The normalized spacial score (nSPS) is 23.1. The number of allylic oxidation sites excluding steroid dienone is 2. The molecule has 0 saturated heterocycles. The summed E-state index contributed by atoms with van der Waals surface area (Å²) in [6.45, 7) is 6.16. The van der Waals surface area contributed by atoms with Gasteiger partial charge < -0.3 is 10.1 Å². The Balaban J connectivity index is 2.11. The Morgan fingerprint density at radius 3 is 2.68 bits per heavy atom. The van der Waals surface area contributed by atoms with Crippen LogP contribution in [-0.4, -0.2) is 24.6 Å². The Morgan fingerprint density at radius 2 is 2.04 bits per heavy atom. The summed E-state index contributed by atoms with van der Waals surface area (Å²) in [6, 6.07) is 8.07. The summed E-state index contributed by atoms with van der Waals surface area (Å²) < 4.78 is 5.29. The monoisotopic (exact) mass is 357 g/mol. The molecule has 1 aliphatic carbocycles. The van der Waals surface area contributed by atoms with Gasteiger partial charge >= 0.3 is 5.97 Å². The van der Waals surface area contributed by atoms with Crippen LogP contribution in [0.1, 0.15) is 37.7 Å². The first-order valence-corrected chi connectivity index (χ1v) is 9.82. The molecule has 2 atom stereocenters. The minimum absolute atomic E-state index is 0.120. The largest absolute Gasteiger partial charge is 0.465 e. The number of thioether (sulfide) groups is 1. The molecule has 0 radical (unpaired) electrons. The Morgan fingerprint density at radius 1 is 1.32 bits per heavy atom. The third-order valence-corrected chi connectivity index (χ3v) is 5.55. The Hall–Kier alpha value is -2.01. The molecule has 1 heterocycles. The second kappa shape index (κ2) is 7.48. The molecule has 1 aliphatic heterocycles. The van der Waals surface area contributed by atoms with E-state index in [9.17, 15) is 9.59 Å². The van der Waals surface area contributed by atoms with Crippen LogP contribution in [0.15, 0.2) is 52.7 Å². The summed E-state index contributed by atoms with van der Waals surface area (Å²) >= 11 is 1.66. The molecule has 132 valence electrons. The zero-order valence-electron chi connectivity index (χ0n) is 14.6. The second-order valence-corrected chi connectivity index (χ2v) is 7.18. The number of ketones is 1. The summed E-state index contributed by atoms with van der Waals surface area (Å²) in [5.41, 5.74) is 3.22. The predicted molar refractivity (Wildman–Crippen MR) is 99.2 cm³/mol. The summed E-state index contributed by atoms with van der Waals surface area (Å²) in [7, 11) is 0. The number of Topliss-reactive ketones (excluding diaryl/α,β-unsaturated/α-hetero) is 1. The maximum Gasteiger partial charge on any atom is 0.315 e. The third-order valence-electron chi connectivity index (χ3n) is 4.80. The van der Waals surface area contributed by atoms with E-state index < -0.39 is 5.92 Å². The van der Waals surface area contributed by atoms with Gasteiger partial charge in [0.25, 0.3) is 0 Å². The number of hydrogen-bond donors (Lipinski definition) is 1. The van der Waals surface area contributed by atoms with E-state index in [0.717, 1.165) is 34.6 Å². The molecule has 0 saturated carbocycles. The molecule has 1 N–H and O–H groups in total. The van der Waals surface area contributed by atoms with E-state index in [1.54, 1.807) is 18.7 Å². The SMILES string of the molecule is C=C1NC2=C(C(=O)CCC2)C(c2ccc(SC)cc2)C1C(=O)OCC. The van der Waals surface area contributed by atoms with E-state index in [-0.39, 0.29) is 17.7 Å². The van der Waals surface area contributed by atoms with Crippen molar-refractivity contribution in [2.75, 3.05) is 12.9 Å². The van der Waals surface area contributed by atoms with Crippen LogP contribution in [0.25, 0.3) is 0 Å². The molecular formula is C20H23NO3S. The number of carbonyl (C=O) groups excluding carboxylic acids is 2. The first-order chi connectivity index (χ1) is 12.1. The molecule has 0 fully saturated rings. The number of nitrogens with one attached hydrogen (secondary N) is 1. The first kappa shape index (κ1) is 17.8. The standard InChI is InChI=1S/C20H23NO3S/c1-4-24-20(23)17-12(2)21-15-6-5-7-16(22)19(15)18(17)13-8-10-14(25-3)11-9-13/h8-11,17-18,21H,2,4-7H2,1,3H3. The molecule has 2 unspecified atom stereocenters. The summed E-state index contributed by atoms with van der Waals surface area (Å²) in [5.74, 6) is -1.12. The lowest BCUT2D eigenvalue weighted by molar-refractivity contribution is -0.147. The highest BCUT2D eigenvalue weighted by Gasteiger charge is 2.43. The Labute approximate surface area is 152 Å². The van der Waals surface area contributed by atoms with Crippen molar-refractivity contribution < 1.29 is 14.3 Å². The van der Waals surface area contributed by atoms with Gasteiger partial charge in [0, 0.05) is 34.2 Å². The van der Waals surface area contributed by atoms with Crippen molar-refractivity contribution in [2.24, 2.45) is 5.92 Å². The fourth-order valence-electron chi connectivity index (χ4n) is 3.67. The van der Waals surface area contributed by atoms with Crippen LogP contribution < -0.4 is 5.32 Å². The number of hydrogen-bond acceptors (Lipinski definition) is 5. The highest BCUT2D eigenvalue weighted by Crippen LogP contribution is 2.44.